The Labute approximate surface area is 49.4 Å². The zero-order chi connectivity index (χ0) is 6.15. The molecule has 0 aromatic carbocycles. The van der Waals surface area contributed by atoms with Crippen molar-refractivity contribution in [3.8, 4) is 0 Å². The molecule has 0 heterocycles. The number of ketones is 1. The molecule has 1 rings (SSSR count). The second kappa shape index (κ2) is 1.73. The van der Waals surface area contributed by atoms with Gasteiger partial charge in [-0.1, -0.05) is 19.9 Å². The fourth-order valence-electron chi connectivity index (χ4n) is 0.683. The molecule has 0 N–H and O–H groups in total. The van der Waals surface area contributed by atoms with Crippen molar-refractivity contribution in [1.82, 2.24) is 0 Å². The normalized spacial score (nSPS) is 22.9. The number of rotatable bonds is 1. The van der Waals surface area contributed by atoms with Crippen LogP contribution in [0.4, 0.5) is 0 Å². The molecule has 1 nitrogen and oxygen atoms in total. The predicted octanol–water partition coefficient (Wildman–Crippen LogP) is 1.54. The van der Waals surface area contributed by atoms with E-state index in [1.165, 1.54) is 0 Å². The van der Waals surface area contributed by atoms with Crippen LogP contribution >= 0.6 is 0 Å². The lowest BCUT2D eigenvalue weighted by Gasteiger charge is -1.87. The molecule has 1 fully saturated rings. The van der Waals surface area contributed by atoms with Crippen LogP contribution in [-0.2, 0) is 4.79 Å². The molecular weight excluding hydrogens is 100 g/mol. The van der Waals surface area contributed by atoms with Crippen molar-refractivity contribution in [3.63, 3.8) is 0 Å². The van der Waals surface area contributed by atoms with Gasteiger partial charge < -0.3 is 0 Å². The van der Waals surface area contributed by atoms with Crippen LogP contribution in [0.3, 0.4) is 0 Å². The third kappa shape index (κ3) is 1.19. The molecule has 1 heteroatoms. The second-order valence-electron chi connectivity index (χ2n) is 2.54. The van der Waals surface area contributed by atoms with Gasteiger partial charge in [-0.2, -0.15) is 0 Å². The first kappa shape index (κ1) is 5.54. The van der Waals surface area contributed by atoms with Gasteiger partial charge in [-0.25, -0.2) is 0 Å². The molecule has 0 saturated heterocycles. The van der Waals surface area contributed by atoms with Crippen LogP contribution in [0.1, 0.15) is 20.3 Å². The molecule has 1 aliphatic rings. The Hall–Kier alpha value is -0.590. The van der Waals surface area contributed by atoms with E-state index >= 15 is 0 Å². The molecule has 0 aromatic heterocycles. The molecule has 0 aromatic rings. The van der Waals surface area contributed by atoms with E-state index in [-0.39, 0.29) is 0 Å². The largest absolute Gasteiger partial charge is 0.294 e. The predicted molar refractivity (Wildman–Crippen MR) is 32.5 cm³/mol. The lowest BCUT2D eigenvalue weighted by atomic mass is 10.2. The molecule has 8 heavy (non-hydrogen) atoms. The average Bonchev–Trinajstić information content (AvgIpc) is 2.17. The minimum absolute atomic E-state index is 0.332. The topological polar surface area (TPSA) is 17.1 Å². The van der Waals surface area contributed by atoms with Crippen molar-refractivity contribution >= 4 is 5.78 Å². The van der Waals surface area contributed by atoms with Crippen LogP contribution in [0.25, 0.3) is 0 Å². The van der Waals surface area contributed by atoms with Crippen LogP contribution in [0.15, 0.2) is 11.6 Å². The molecule has 44 valence electrons. The number of carbonyl (C=O) groups is 1. The lowest BCUT2D eigenvalue weighted by Crippen LogP contribution is -1.75. The molecule has 0 aliphatic heterocycles. The molecule has 0 atom stereocenters. The lowest BCUT2D eigenvalue weighted by molar-refractivity contribution is -0.108. The van der Waals surface area contributed by atoms with Gasteiger partial charge in [0.1, 0.15) is 0 Å². The van der Waals surface area contributed by atoms with E-state index < -0.39 is 0 Å². The van der Waals surface area contributed by atoms with E-state index in [0.717, 1.165) is 12.0 Å². The molecule has 0 bridgehead atoms. The van der Waals surface area contributed by atoms with Gasteiger partial charge in [0.05, 0.1) is 0 Å². The maximum atomic E-state index is 10.4. The first-order chi connectivity index (χ1) is 3.70. The summed E-state index contributed by atoms with van der Waals surface area (Å²) < 4.78 is 0. The highest BCUT2D eigenvalue weighted by Crippen LogP contribution is 2.23. The monoisotopic (exact) mass is 110 g/mol. The van der Waals surface area contributed by atoms with E-state index in [2.05, 4.69) is 13.8 Å². The Morgan fingerprint density at radius 1 is 1.62 bits per heavy atom. The summed E-state index contributed by atoms with van der Waals surface area (Å²) in [5.74, 6) is 0.871. The van der Waals surface area contributed by atoms with E-state index in [1.807, 2.05) is 6.08 Å². The van der Waals surface area contributed by atoms with Crippen molar-refractivity contribution in [1.29, 1.82) is 0 Å². The van der Waals surface area contributed by atoms with Crippen molar-refractivity contribution < 1.29 is 4.79 Å². The van der Waals surface area contributed by atoms with E-state index in [0.29, 0.717) is 11.7 Å². The van der Waals surface area contributed by atoms with Crippen LogP contribution in [-0.4, -0.2) is 5.78 Å². The van der Waals surface area contributed by atoms with Crippen molar-refractivity contribution in [2.45, 2.75) is 20.3 Å². The van der Waals surface area contributed by atoms with Gasteiger partial charge in [0.25, 0.3) is 0 Å². The van der Waals surface area contributed by atoms with Crippen molar-refractivity contribution in [2.75, 3.05) is 0 Å². The Bertz CT molecular complexity index is 142. The number of Topliss-reactive ketones (excluding diaryl/α,β-unsaturated/α-hetero) is 1. The quantitative estimate of drug-likeness (QED) is 0.468. The second-order valence-corrected chi connectivity index (χ2v) is 2.54. The van der Waals surface area contributed by atoms with E-state index in [9.17, 15) is 4.79 Å². The summed E-state index contributed by atoms with van der Waals surface area (Å²) in [7, 11) is 0. The van der Waals surface area contributed by atoms with E-state index in [1.54, 1.807) is 0 Å². The van der Waals surface area contributed by atoms with Crippen molar-refractivity contribution in [3.05, 3.63) is 11.6 Å². The first-order valence-corrected chi connectivity index (χ1v) is 2.94. The molecule has 0 spiro atoms. The Kier molecular flexibility index (Phi) is 1.20. The summed E-state index contributed by atoms with van der Waals surface area (Å²) in [5.41, 5.74) is 1.03. The fraction of sp³-hybridized carbons (Fsp3) is 0.571. The summed E-state index contributed by atoms with van der Waals surface area (Å²) >= 11 is 0. The zero-order valence-corrected chi connectivity index (χ0v) is 5.27. The minimum atomic E-state index is 0.332. The van der Waals surface area contributed by atoms with Crippen molar-refractivity contribution in [2.24, 2.45) is 5.92 Å². The van der Waals surface area contributed by atoms with Crippen LogP contribution in [0.5, 0.6) is 0 Å². The molecule has 0 unspecified atom stereocenters. The van der Waals surface area contributed by atoms with Gasteiger partial charge in [-0.15, -0.1) is 0 Å². The number of hydrogen-bond donors (Lipinski definition) is 0. The average molecular weight is 110 g/mol. The molecule has 0 amide bonds. The fourth-order valence-corrected chi connectivity index (χ4v) is 0.683. The third-order valence-electron chi connectivity index (χ3n) is 1.12. The van der Waals surface area contributed by atoms with Gasteiger partial charge in [0, 0.05) is 6.42 Å². The summed E-state index contributed by atoms with van der Waals surface area (Å²) in [6.07, 6.45) is 2.75. The zero-order valence-electron chi connectivity index (χ0n) is 5.27. The van der Waals surface area contributed by atoms with Crippen LogP contribution in [0.2, 0.25) is 0 Å². The highest BCUT2D eigenvalue weighted by Gasteiger charge is 2.25. The number of carbonyl (C=O) groups excluding carboxylic acids is 1. The first-order valence-electron chi connectivity index (χ1n) is 2.94. The van der Waals surface area contributed by atoms with Crippen LogP contribution < -0.4 is 0 Å². The SMILES string of the molecule is CC(C)/C=C1/CC1=O. The molecule has 0 radical (unpaired) electrons. The summed E-state index contributed by atoms with van der Waals surface area (Å²) in [6, 6.07) is 0. The highest BCUT2D eigenvalue weighted by atomic mass is 16.1. The maximum absolute atomic E-state index is 10.4. The number of allylic oxidation sites excluding steroid dienone is 2. The maximum Gasteiger partial charge on any atom is 0.163 e. The van der Waals surface area contributed by atoms with Gasteiger partial charge in [-0.3, -0.25) is 4.79 Å². The van der Waals surface area contributed by atoms with Gasteiger partial charge in [-0.05, 0) is 11.5 Å². The Balaban J connectivity index is 2.47. The van der Waals surface area contributed by atoms with Gasteiger partial charge in [0.2, 0.25) is 0 Å². The van der Waals surface area contributed by atoms with Crippen LogP contribution in [0, 0.1) is 5.92 Å². The van der Waals surface area contributed by atoms with Gasteiger partial charge >= 0.3 is 0 Å². The summed E-state index contributed by atoms with van der Waals surface area (Å²) in [5, 5.41) is 0. The summed E-state index contributed by atoms with van der Waals surface area (Å²) in [4.78, 5) is 10.4. The Morgan fingerprint density at radius 2 is 2.12 bits per heavy atom. The smallest absolute Gasteiger partial charge is 0.163 e. The third-order valence-corrected chi connectivity index (χ3v) is 1.12. The molecule has 1 aliphatic carbocycles. The van der Waals surface area contributed by atoms with Gasteiger partial charge in [0.15, 0.2) is 5.78 Å². The highest BCUT2D eigenvalue weighted by molar-refractivity contribution is 6.13. The number of hydrogen-bond acceptors (Lipinski definition) is 1. The van der Waals surface area contributed by atoms with E-state index in [4.69, 9.17) is 0 Å². The minimum Gasteiger partial charge on any atom is -0.294 e. The summed E-state index contributed by atoms with van der Waals surface area (Å²) in [6.45, 7) is 4.16. The molecular formula is C7H10O. The Morgan fingerprint density at radius 3 is 2.25 bits per heavy atom. The standard InChI is InChI=1S/C7H10O/c1-5(2)3-6-4-7(6)8/h3,5H,4H2,1-2H3/b6-3-. The molecule has 1 saturated carbocycles.